The molecule has 0 saturated carbocycles. The second kappa shape index (κ2) is 8.09. The van der Waals surface area contributed by atoms with Gasteiger partial charge in [-0.15, -0.1) is 0 Å². The summed E-state index contributed by atoms with van der Waals surface area (Å²) in [6.07, 6.45) is 0.852. The van der Waals surface area contributed by atoms with Gasteiger partial charge in [0.15, 0.2) is 11.5 Å². The molecule has 6 nitrogen and oxygen atoms in total. The van der Waals surface area contributed by atoms with E-state index in [1.165, 1.54) is 0 Å². The summed E-state index contributed by atoms with van der Waals surface area (Å²) >= 11 is 0. The van der Waals surface area contributed by atoms with Crippen LogP contribution in [-0.4, -0.2) is 43.1 Å². The van der Waals surface area contributed by atoms with Crippen molar-refractivity contribution in [2.45, 2.75) is 19.9 Å². The predicted molar refractivity (Wildman–Crippen MR) is 114 cm³/mol. The second-order valence-electron chi connectivity index (χ2n) is 7.07. The molecular weight excluding hydrogens is 366 g/mol. The first kappa shape index (κ1) is 19.2. The van der Waals surface area contributed by atoms with Crippen molar-refractivity contribution in [2.24, 2.45) is 0 Å². The lowest BCUT2D eigenvalue weighted by molar-refractivity contribution is 0.102. The lowest BCUT2D eigenvalue weighted by Gasteiger charge is -2.29. The third-order valence-corrected chi connectivity index (χ3v) is 5.44. The number of carbonyl (C=O) groups excluding carboxylic acids is 1. The minimum absolute atomic E-state index is 0.134. The molecule has 3 aromatic rings. The SMILES string of the molecule is CCN1CCc2nc3ccccc3c(C(=O)Nc3ccc(OC)c(OC)c3)c2C1. The molecule has 6 heteroatoms. The highest BCUT2D eigenvalue weighted by Gasteiger charge is 2.25. The van der Waals surface area contributed by atoms with E-state index in [0.29, 0.717) is 22.7 Å². The van der Waals surface area contributed by atoms with Gasteiger partial charge in [-0.1, -0.05) is 25.1 Å². The fourth-order valence-electron chi connectivity index (χ4n) is 3.88. The maximum Gasteiger partial charge on any atom is 0.256 e. The summed E-state index contributed by atoms with van der Waals surface area (Å²) in [5.41, 5.74) is 4.26. The van der Waals surface area contributed by atoms with Crippen molar-refractivity contribution in [3.63, 3.8) is 0 Å². The van der Waals surface area contributed by atoms with Crippen LogP contribution in [0.1, 0.15) is 28.5 Å². The Balaban J connectivity index is 1.77. The van der Waals surface area contributed by atoms with Crippen LogP contribution in [0.25, 0.3) is 10.9 Å². The zero-order valence-electron chi connectivity index (χ0n) is 17.0. The maximum absolute atomic E-state index is 13.4. The largest absolute Gasteiger partial charge is 0.493 e. The maximum atomic E-state index is 13.4. The Hall–Kier alpha value is -3.12. The van der Waals surface area contributed by atoms with Crippen molar-refractivity contribution < 1.29 is 14.3 Å². The molecule has 2 heterocycles. The van der Waals surface area contributed by atoms with Gasteiger partial charge in [0.1, 0.15) is 0 Å². The van der Waals surface area contributed by atoms with E-state index in [1.54, 1.807) is 26.4 Å². The van der Waals surface area contributed by atoms with Crippen LogP contribution in [0.15, 0.2) is 42.5 Å². The van der Waals surface area contributed by atoms with E-state index in [-0.39, 0.29) is 5.91 Å². The van der Waals surface area contributed by atoms with Crippen molar-refractivity contribution in [1.82, 2.24) is 9.88 Å². The highest BCUT2D eigenvalue weighted by atomic mass is 16.5. The van der Waals surface area contributed by atoms with Gasteiger partial charge in [-0.05, 0) is 24.7 Å². The molecule has 0 saturated heterocycles. The van der Waals surface area contributed by atoms with Crippen molar-refractivity contribution in [1.29, 1.82) is 0 Å². The molecular formula is C23H25N3O3. The quantitative estimate of drug-likeness (QED) is 0.715. The highest BCUT2D eigenvalue weighted by molar-refractivity contribution is 6.13. The van der Waals surface area contributed by atoms with E-state index < -0.39 is 0 Å². The van der Waals surface area contributed by atoms with E-state index in [4.69, 9.17) is 14.5 Å². The first-order valence-corrected chi connectivity index (χ1v) is 9.80. The normalized spacial score (nSPS) is 13.8. The van der Waals surface area contributed by atoms with Gasteiger partial charge in [0.25, 0.3) is 5.91 Å². The molecule has 0 unspecified atom stereocenters. The van der Waals surface area contributed by atoms with Crippen LogP contribution in [0.2, 0.25) is 0 Å². The topological polar surface area (TPSA) is 63.7 Å². The highest BCUT2D eigenvalue weighted by Crippen LogP contribution is 2.32. The van der Waals surface area contributed by atoms with Gasteiger partial charge in [0.2, 0.25) is 0 Å². The Morgan fingerprint density at radius 1 is 1.14 bits per heavy atom. The first-order chi connectivity index (χ1) is 14.1. The van der Waals surface area contributed by atoms with Gasteiger partial charge in [0, 0.05) is 47.9 Å². The Labute approximate surface area is 170 Å². The smallest absolute Gasteiger partial charge is 0.256 e. The number of amides is 1. The number of pyridine rings is 1. The fourth-order valence-corrected chi connectivity index (χ4v) is 3.88. The molecule has 1 N–H and O–H groups in total. The van der Waals surface area contributed by atoms with E-state index in [1.807, 2.05) is 30.3 Å². The molecule has 0 radical (unpaired) electrons. The zero-order valence-corrected chi connectivity index (χ0v) is 17.0. The van der Waals surface area contributed by atoms with Gasteiger partial charge < -0.3 is 14.8 Å². The van der Waals surface area contributed by atoms with Crippen molar-refractivity contribution in [3.05, 3.63) is 59.3 Å². The van der Waals surface area contributed by atoms with Gasteiger partial charge in [-0.3, -0.25) is 14.7 Å². The number of benzene rings is 2. The Bertz CT molecular complexity index is 1060. The van der Waals surface area contributed by atoms with Crippen LogP contribution in [0.5, 0.6) is 11.5 Å². The molecule has 0 fully saturated rings. The molecule has 0 bridgehead atoms. The molecule has 0 spiro atoms. The van der Waals surface area contributed by atoms with Crippen molar-refractivity contribution in [2.75, 3.05) is 32.6 Å². The number of anilines is 1. The van der Waals surface area contributed by atoms with Crippen LogP contribution >= 0.6 is 0 Å². The number of nitrogens with zero attached hydrogens (tertiary/aromatic N) is 2. The number of rotatable bonds is 5. The average molecular weight is 391 g/mol. The fraction of sp³-hybridized carbons (Fsp3) is 0.304. The molecule has 29 heavy (non-hydrogen) atoms. The summed E-state index contributed by atoms with van der Waals surface area (Å²) in [6, 6.07) is 13.2. The molecule has 2 aromatic carbocycles. The van der Waals surface area contributed by atoms with E-state index >= 15 is 0 Å². The standard InChI is InChI=1S/C23H25N3O3/c1-4-26-12-11-19-17(14-26)22(16-7-5-6-8-18(16)25-19)23(27)24-15-9-10-20(28-2)21(13-15)29-3/h5-10,13H,4,11-12,14H2,1-3H3,(H,24,27). The zero-order chi connectivity index (χ0) is 20.4. The lowest BCUT2D eigenvalue weighted by Crippen LogP contribution is -2.33. The molecule has 0 atom stereocenters. The van der Waals surface area contributed by atoms with Gasteiger partial charge in [-0.25, -0.2) is 0 Å². The Morgan fingerprint density at radius 2 is 1.93 bits per heavy atom. The number of aromatic nitrogens is 1. The summed E-state index contributed by atoms with van der Waals surface area (Å²) in [5, 5.41) is 3.92. The lowest BCUT2D eigenvalue weighted by atomic mass is 9.95. The molecule has 150 valence electrons. The average Bonchev–Trinajstić information content (AvgIpc) is 2.76. The summed E-state index contributed by atoms with van der Waals surface area (Å²) in [7, 11) is 3.17. The molecule has 0 aliphatic carbocycles. The molecule has 1 aliphatic heterocycles. The van der Waals surface area contributed by atoms with Gasteiger partial charge >= 0.3 is 0 Å². The second-order valence-corrected chi connectivity index (χ2v) is 7.07. The molecule has 1 aliphatic rings. The van der Waals surface area contributed by atoms with Crippen molar-refractivity contribution >= 4 is 22.5 Å². The Morgan fingerprint density at radius 3 is 2.69 bits per heavy atom. The minimum atomic E-state index is -0.134. The van der Waals surface area contributed by atoms with E-state index in [0.717, 1.165) is 48.2 Å². The van der Waals surface area contributed by atoms with Gasteiger partial charge in [-0.2, -0.15) is 0 Å². The Kier molecular flexibility index (Phi) is 5.36. The number of hydrogen-bond donors (Lipinski definition) is 1. The van der Waals surface area contributed by atoms with Crippen LogP contribution < -0.4 is 14.8 Å². The summed E-state index contributed by atoms with van der Waals surface area (Å²) in [6.45, 7) is 4.79. The van der Waals surface area contributed by atoms with Gasteiger partial charge in [0.05, 0.1) is 25.3 Å². The number of ether oxygens (including phenoxy) is 2. The first-order valence-electron chi connectivity index (χ1n) is 9.80. The number of nitrogens with one attached hydrogen (secondary N) is 1. The predicted octanol–water partition coefficient (Wildman–Crippen LogP) is 3.88. The number of carbonyl (C=O) groups is 1. The molecule has 4 rings (SSSR count). The van der Waals surface area contributed by atoms with Crippen molar-refractivity contribution in [3.8, 4) is 11.5 Å². The number of methoxy groups -OCH3 is 2. The molecule has 1 aromatic heterocycles. The van der Waals surface area contributed by atoms with Crippen LogP contribution in [0.3, 0.4) is 0 Å². The van der Waals surface area contributed by atoms with E-state index in [9.17, 15) is 4.79 Å². The van der Waals surface area contributed by atoms with Crippen LogP contribution in [-0.2, 0) is 13.0 Å². The number of likely N-dealkylation sites (N-methyl/N-ethyl adjacent to an activating group) is 1. The third kappa shape index (κ3) is 3.63. The van der Waals surface area contributed by atoms with Crippen LogP contribution in [0, 0.1) is 0 Å². The third-order valence-electron chi connectivity index (χ3n) is 5.44. The number of hydrogen-bond acceptors (Lipinski definition) is 5. The summed E-state index contributed by atoms with van der Waals surface area (Å²) < 4.78 is 10.6. The van der Waals surface area contributed by atoms with Crippen LogP contribution in [0.4, 0.5) is 5.69 Å². The minimum Gasteiger partial charge on any atom is -0.493 e. The number of para-hydroxylation sites is 1. The summed E-state index contributed by atoms with van der Waals surface area (Å²) in [5.74, 6) is 1.06. The monoisotopic (exact) mass is 391 g/mol. The number of fused-ring (bicyclic) bond motifs is 2. The summed E-state index contributed by atoms with van der Waals surface area (Å²) in [4.78, 5) is 20.6. The van der Waals surface area contributed by atoms with E-state index in [2.05, 4.69) is 17.1 Å². The molecule has 1 amide bonds.